The molecule has 0 radical (unpaired) electrons. The predicted molar refractivity (Wildman–Crippen MR) is 162 cm³/mol. The van der Waals surface area contributed by atoms with Crippen LogP contribution in [0.4, 0.5) is 0 Å². The van der Waals surface area contributed by atoms with Crippen LogP contribution in [0.5, 0.6) is 17.2 Å². The maximum Gasteiger partial charge on any atom is 0.127 e. The standard InChI is InChI=1S/C37H48O5/c1-36-13-11-27-25(29(36)7-9-32(36)40)5-3-20-15-23(38)17-22(34(20)27)19-42-31-18-24(39)16-21-4-6-26-28(35(21)31)12-14-37(2)30(26)8-10-33(37)41/h15-18,25-30,32-33,38-41H,3-14,19H2,1-2H3/t25-,26+,27+,28+,29+,30+,32+,33+,36+,37+/m1/s1. The van der Waals surface area contributed by atoms with E-state index in [0.717, 1.165) is 88.4 Å². The number of benzene rings is 2. The number of rotatable bonds is 3. The molecule has 0 unspecified atom stereocenters. The molecule has 4 saturated carbocycles. The van der Waals surface area contributed by atoms with Crippen LogP contribution in [0.25, 0.3) is 0 Å². The van der Waals surface area contributed by atoms with E-state index in [0.29, 0.717) is 47.9 Å². The highest BCUT2D eigenvalue weighted by atomic mass is 16.5. The first-order chi connectivity index (χ1) is 20.2. The van der Waals surface area contributed by atoms with Gasteiger partial charge in [-0.05, 0) is 164 Å². The van der Waals surface area contributed by atoms with Crippen molar-refractivity contribution in [2.45, 2.75) is 122 Å². The Kier molecular flexibility index (Phi) is 6.26. The van der Waals surface area contributed by atoms with Crippen LogP contribution in [0, 0.1) is 34.5 Å². The highest BCUT2D eigenvalue weighted by Gasteiger charge is 2.56. The molecule has 10 atom stereocenters. The van der Waals surface area contributed by atoms with Crippen molar-refractivity contribution in [2.24, 2.45) is 34.5 Å². The number of hydrogen-bond acceptors (Lipinski definition) is 5. The second-order valence-corrected chi connectivity index (χ2v) is 15.6. The van der Waals surface area contributed by atoms with E-state index < -0.39 is 0 Å². The lowest BCUT2D eigenvalue weighted by Gasteiger charge is -2.50. The Morgan fingerprint density at radius 3 is 1.79 bits per heavy atom. The summed E-state index contributed by atoms with van der Waals surface area (Å²) in [5, 5.41) is 43.2. The van der Waals surface area contributed by atoms with Crippen LogP contribution in [-0.4, -0.2) is 32.6 Å². The molecule has 5 nitrogen and oxygen atoms in total. The number of phenolic OH excluding ortho intramolecular Hbond substituents is 2. The second kappa shape index (κ2) is 9.63. The van der Waals surface area contributed by atoms with Gasteiger partial charge in [0.15, 0.2) is 0 Å². The minimum absolute atomic E-state index is 0.0270. The third kappa shape index (κ3) is 3.87. The van der Waals surface area contributed by atoms with Crippen LogP contribution in [-0.2, 0) is 19.4 Å². The third-order valence-electron chi connectivity index (χ3n) is 13.9. The first-order valence-electron chi connectivity index (χ1n) is 16.9. The molecule has 0 aromatic heterocycles. The molecule has 6 aliphatic carbocycles. The summed E-state index contributed by atoms with van der Waals surface area (Å²) in [5.74, 6) is 4.46. The first-order valence-corrected chi connectivity index (χ1v) is 16.9. The zero-order chi connectivity index (χ0) is 29.0. The van der Waals surface area contributed by atoms with Crippen LogP contribution in [0.3, 0.4) is 0 Å². The Morgan fingerprint density at radius 1 is 0.667 bits per heavy atom. The normalized spacial score (nSPS) is 41.6. The average Bonchev–Trinajstić information content (AvgIpc) is 3.45. The molecular formula is C37H48O5. The van der Waals surface area contributed by atoms with E-state index in [9.17, 15) is 20.4 Å². The minimum Gasteiger partial charge on any atom is -0.508 e. The van der Waals surface area contributed by atoms with Gasteiger partial charge in [0.25, 0.3) is 0 Å². The molecule has 6 aliphatic rings. The summed E-state index contributed by atoms with van der Waals surface area (Å²) in [7, 11) is 0. The van der Waals surface area contributed by atoms with Crippen LogP contribution in [0.1, 0.15) is 118 Å². The van der Waals surface area contributed by atoms with E-state index in [1.54, 1.807) is 0 Å². The Hall–Kier alpha value is -2.24. The molecule has 0 aliphatic heterocycles. The molecule has 0 spiro atoms. The highest BCUT2D eigenvalue weighted by molar-refractivity contribution is 5.51. The smallest absolute Gasteiger partial charge is 0.127 e. The van der Waals surface area contributed by atoms with Crippen LogP contribution >= 0.6 is 0 Å². The largest absolute Gasteiger partial charge is 0.508 e. The van der Waals surface area contributed by atoms with Crippen molar-refractivity contribution in [3.8, 4) is 17.2 Å². The van der Waals surface area contributed by atoms with Gasteiger partial charge < -0.3 is 25.2 Å². The van der Waals surface area contributed by atoms with E-state index in [1.165, 1.54) is 22.3 Å². The van der Waals surface area contributed by atoms with Gasteiger partial charge in [0, 0.05) is 11.6 Å². The van der Waals surface area contributed by atoms with Crippen LogP contribution < -0.4 is 4.74 Å². The van der Waals surface area contributed by atoms with Crippen molar-refractivity contribution >= 4 is 0 Å². The van der Waals surface area contributed by atoms with Crippen molar-refractivity contribution in [3.05, 3.63) is 52.1 Å². The highest BCUT2D eigenvalue weighted by Crippen LogP contribution is 2.63. The molecule has 226 valence electrons. The molecule has 0 saturated heterocycles. The molecular weight excluding hydrogens is 524 g/mol. The zero-order valence-electron chi connectivity index (χ0n) is 25.3. The fourth-order valence-corrected chi connectivity index (χ4v) is 11.8. The van der Waals surface area contributed by atoms with Crippen LogP contribution in [0.2, 0.25) is 0 Å². The van der Waals surface area contributed by atoms with Gasteiger partial charge >= 0.3 is 0 Å². The topological polar surface area (TPSA) is 90.2 Å². The monoisotopic (exact) mass is 572 g/mol. The van der Waals surface area contributed by atoms with Gasteiger partial charge in [0.05, 0.1) is 12.2 Å². The van der Waals surface area contributed by atoms with Crippen molar-refractivity contribution in [1.29, 1.82) is 0 Å². The molecule has 0 bridgehead atoms. The van der Waals surface area contributed by atoms with Gasteiger partial charge in [-0.25, -0.2) is 0 Å². The lowest BCUT2D eigenvalue weighted by Crippen LogP contribution is -2.44. The van der Waals surface area contributed by atoms with Gasteiger partial charge in [-0.15, -0.1) is 0 Å². The summed E-state index contributed by atoms with van der Waals surface area (Å²) in [6, 6.07) is 7.67. The number of aliphatic hydroxyl groups is 2. The molecule has 4 N–H and O–H groups in total. The summed E-state index contributed by atoms with van der Waals surface area (Å²) < 4.78 is 6.74. The molecule has 5 heteroatoms. The predicted octanol–water partition coefficient (Wildman–Crippen LogP) is 7.11. The van der Waals surface area contributed by atoms with E-state index in [2.05, 4.69) is 13.8 Å². The summed E-state index contributed by atoms with van der Waals surface area (Å²) in [6.45, 7) is 5.02. The van der Waals surface area contributed by atoms with Crippen molar-refractivity contribution in [1.82, 2.24) is 0 Å². The molecule has 2 aromatic carbocycles. The summed E-state index contributed by atoms with van der Waals surface area (Å²) in [4.78, 5) is 0. The van der Waals surface area contributed by atoms with E-state index in [1.807, 2.05) is 24.3 Å². The van der Waals surface area contributed by atoms with Gasteiger partial charge in [0.1, 0.15) is 23.9 Å². The van der Waals surface area contributed by atoms with E-state index >= 15 is 0 Å². The third-order valence-corrected chi connectivity index (χ3v) is 13.9. The number of aryl methyl sites for hydroxylation is 2. The van der Waals surface area contributed by atoms with Gasteiger partial charge in [-0.2, -0.15) is 0 Å². The maximum absolute atomic E-state index is 10.9. The summed E-state index contributed by atoms with van der Waals surface area (Å²) in [5.41, 5.74) is 6.30. The lowest BCUT2D eigenvalue weighted by atomic mass is 9.55. The molecule has 4 fully saturated rings. The molecule has 0 heterocycles. The lowest BCUT2D eigenvalue weighted by molar-refractivity contribution is -0.0232. The SMILES string of the molecule is C[C@]12CC[C@@H]3c4c(cc(O)cc4COc4cc(O)cc5c4[C@H]4CC[C@]6(C)[C@@H](O)CC[C@H]6[C@H]4CC5)CC[C@H]3[C@@H]1CC[C@@H]2O. The number of aliphatic hydroxyl groups excluding tert-OH is 2. The molecule has 0 amide bonds. The number of ether oxygens (including phenoxy) is 1. The second-order valence-electron chi connectivity index (χ2n) is 15.6. The average molecular weight is 573 g/mol. The minimum atomic E-state index is -0.189. The van der Waals surface area contributed by atoms with Gasteiger partial charge in [0.2, 0.25) is 0 Å². The van der Waals surface area contributed by atoms with Crippen molar-refractivity contribution in [2.75, 3.05) is 0 Å². The Bertz CT molecular complexity index is 1300. The van der Waals surface area contributed by atoms with Crippen molar-refractivity contribution < 1.29 is 25.2 Å². The Morgan fingerprint density at radius 2 is 1.19 bits per heavy atom. The quantitative estimate of drug-likeness (QED) is 0.315. The zero-order valence-corrected chi connectivity index (χ0v) is 25.3. The fraction of sp³-hybridized carbons (Fsp3) is 0.676. The Labute approximate surface area is 250 Å². The van der Waals surface area contributed by atoms with Gasteiger partial charge in [-0.3, -0.25) is 0 Å². The summed E-state index contributed by atoms with van der Waals surface area (Å²) >= 11 is 0. The molecule has 42 heavy (non-hydrogen) atoms. The molecule has 8 rings (SSSR count). The number of aromatic hydroxyl groups is 2. The van der Waals surface area contributed by atoms with E-state index in [4.69, 9.17) is 4.74 Å². The molecule has 2 aromatic rings. The first kappa shape index (κ1) is 27.3. The number of fused-ring (bicyclic) bond motifs is 10. The Balaban J connectivity index is 1.11. The van der Waals surface area contributed by atoms with Crippen LogP contribution in [0.15, 0.2) is 24.3 Å². The fourth-order valence-electron chi connectivity index (χ4n) is 11.8. The van der Waals surface area contributed by atoms with E-state index in [-0.39, 0.29) is 28.8 Å². The maximum atomic E-state index is 10.9. The number of phenols is 2. The summed E-state index contributed by atoms with van der Waals surface area (Å²) in [6.07, 6.45) is 12.1. The van der Waals surface area contributed by atoms with Crippen molar-refractivity contribution in [3.63, 3.8) is 0 Å². The van der Waals surface area contributed by atoms with Gasteiger partial charge in [-0.1, -0.05) is 13.8 Å². The number of hydrogen-bond donors (Lipinski definition) is 4.